The van der Waals surface area contributed by atoms with Gasteiger partial charge in [-0.3, -0.25) is 4.98 Å². The van der Waals surface area contributed by atoms with Gasteiger partial charge in [-0.2, -0.15) is 0 Å². The Morgan fingerprint density at radius 2 is 0.930 bits per heavy atom. The van der Waals surface area contributed by atoms with E-state index in [2.05, 4.69) is 211 Å². The zero-order valence-electron chi connectivity index (χ0n) is 31.1. The van der Waals surface area contributed by atoms with Crippen LogP contribution >= 0.6 is 11.3 Å². The zero-order chi connectivity index (χ0) is 37.8. The Morgan fingerprint density at radius 1 is 0.386 bits per heavy atom. The van der Waals surface area contributed by atoms with Crippen LogP contribution in [0.5, 0.6) is 0 Å². The first-order chi connectivity index (χ1) is 28.3. The number of rotatable bonds is 7. The number of anilines is 3. The van der Waals surface area contributed by atoms with E-state index in [1.165, 1.54) is 64.7 Å². The van der Waals surface area contributed by atoms with E-state index >= 15 is 0 Å². The van der Waals surface area contributed by atoms with E-state index in [0.29, 0.717) is 0 Å². The molecule has 0 aliphatic heterocycles. The van der Waals surface area contributed by atoms with Gasteiger partial charge < -0.3 is 4.90 Å². The lowest BCUT2D eigenvalue weighted by atomic mass is 9.68. The van der Waals surface area contributed by atoms with Crippen molar-refractivity contribution < 1.29 is 0 Å². The fourth-order valence-electron chi connectivity index (χ4n) is 9.08. The average molecular weight is 745 g/mol. The molecule has 2 heterocycles. The SMILES string of the molecule is c1ccc(-c2ccc(N(c3ccc(-c4cccc5c4sc4ccccc45)cc3)c3ccc(C4(c5ccccc5)c5ccccc5-c5ccccc54)cc3)cn2)cc1. The fraction of sp³-hybridized carbons (Fsp3) is 0.0185. The number of benzene rings is 8. The first kappa shape index (κ1) is 33.3. The van der Waals surface area contributed by atoms with Crippen molar-refractivity contribution >= 4 is 48.6 Å². The van der Waals surface area contributed by atoms with E-state index in [9.17, 15) is 0 Å². The Labute approximate surface area is 336 Å². The van der Waals surface area contributed by atoms with Crippen LogP contribution in [-0.2, 0) is 5.41 Å². The van der Waals surface area contributed by atoms with Crippen LogP contribution in [-0.4, -0.2) is 4.98 Å². The fourth-order valence-corrected chi connectivity index (χ4v) is 10.3. The number of fused-ring (bicyclic) bond motifs is 6. The Kier molecular flexibility index (Phi) is 7.94. The van der Waals surface area contributed by atoms with Crippen molar-refractivity contribution in [3.63, 3.8) is 0 Å². The first-order valence-electron chi connectivity index (χ1n) is 19.5. The van der Waals surface area contributed by atoms with Gasteiger partial charge in [0.1, 0.15) is 0 Å². The van der Waals surface area contributed by atoms with E-state index in [-0.39, 0.29) is 0 Å². The van der Waals surface area contributed by atoms with Crippen LogP contribution in [0, 0.1) is 0 Å². The number of thiophene rings is 1. The lowest BCUT2D eigenvalue weighted by Gasteiger charge is -2.34. The van der Waals surface area contributed by atoms with Gasteiger partial charge in [-0.05, 0) is 87.0 Å². The molecule has 1 aliphatic rings. The summed E-state index contributed by atoms with van der Waals surface area (Å²) in [5.41, 5.74) is 14.9. The summed E-state index contributed by atoms with van der Waals surface area (Å²) in [4.78, 5) is 7.30. The molecule has 0 atom stereocenters. The van der Waals surface area contributed by atoms with E-state index in [4.69, 9.17) is 4.98 Å². The highest BCUT2D eigenvalue weighted by Gasteiger charge is 2.45. The molecule has 57 heavy (non-hydrogen) atoms. The van der Waals surface area contributed by atoms with Crippen LogP contribution in [0.15, 0.2) is 219 Å². The third kappa shape index (κ3) is 5.35. The summed E-state index contributed by atoms with van der Waals surface area (Å²) in [6.07, 6.45) is 2.00. The van der Waals surface area contributed by atoms with Crippen LogP contribution in [0.2, 0.25) is 0 Å². The molecule has 2 nitrogen and oxygen atoms in total. The van der Waals surface area contributed by atoms with Crippen molar-refractivity contribution in [2.45, 2.75) is 5.41 Å². The van der Waals surface area contributed by atoms with Gasteiger partial charge in [-0.25, -0.2) is 0 Å². The number of nitrogens with zero attached hydrogens (tertiary/aromatic N) is 2. The molecule has 8 aromatic carbocycles. The van der Waals surface area contributed by atoms with Crippen LogP contribution < -0.4 is 4.90 Å². The summed E-state index contributed by atoms with van der Waals surface area (Å²) in [7, 11) is 0. The second-order valence-corrected chi connectivity index (χ2v) is 15.7. The quantitative estimate of drug-likeness (QED) is 0.162. The molecule has 3 heteroatoms. The van der Waals surface area contributed by atoms with Crippen molar-refractivity contribution in [3.05, 3.63) is 241 Å². The number of pyridine rings is 1. The molecule has 0 unspecified atom stereocenters. The second kappa shape index (κ2) is 13.6. The van der Waals surface area contributed by atoms with Gasteiger partial charge in [0.2, 0.25) is 0 Å². The molecule has 1 aliphatic carbocycles. The normalized spacial score (nSPS) is 12.7. The third-order valence-corrected chi connectivity index (χ3v) is 12.9. The molecular formula is C54H36N2S. The van der Waals surface area contributed by atoms with E-state index in [1.807, 2.05) is 23.6 Å². The minimum Gasteiger partial charge on any atom is -0.309 e. The monoisotopic (exact) mass is 744 g/mol. The predicted molar refractivity (Wildman–Crippen MR) is 240 cm³/mol. The van der Waals surface area contributed by atoms with Gasteiger partial charge in [-0.1, -0.05) is 170 Å². The third-order valence-electron chi connectivity index (χ3n) is 11.6. The summed E-state index contributed by atoms with van der Waals surface area (Å²) in [5.74, 6) is 0. The number of hydrogen-bond acceptors (Lipinski definition) is 3. The highest BCUT2D eigenvalue weighted by Crippen LogP contribution is 2.56. The lowest BCUT2D eigenvalue weighted by Crippen LogP contribution is -2.28. The van der Waals surface area contributed by atoms with E-state index < -0.39 is 5.41 Å². The maximum absolute atomic E-state index is 4.98. The molecule has 0 amide bonds. The van der Waals surface area contributed by atoms with Gasteiger partial charge in [0.25, 0.3) is 0 Å². The van der Waals surface area contributed by atoms with E-state index in [0.717, 1.165) is 28.3 Å². The number of aromatic nitrogens is 1. The maximum Gasteiger partial charge on any atom is 0.0713 e. The van der Waals surface area contributed by atoms with Gasteiger partial charge in [0, 0.05) is 37.1 Å². The highest BCUT2D eigenvalue weighted by molar-refractivity contribution is 7.26. The Bertz CT molecular complexity index is 2990. The van der Waals surface area contributed by atoms with Crippen LogP contribution in [0.25, 0.3) is 53.7 Å². The molecule has 0 fully saturated rings. The van der Waals surface area contributed by atoms with Crippen molar-refractivity contribution in [3.8, 4) is 33.5 Å². The Morgan fingerprint density at radius 3 is 1.61 bits per heavy atom. The standard InChI is InChI=1S/C54H36N2S/c1-3-14-38(15-4-1)51-35-34-43(36-55-51)56(41-30-26-37(27-31-41)44-21-13-22-48-47-20-9-12-25-52(47)57-53(44)48)42-32-28-40(29-33-42)54(39-16-5-2-6-17-39)49-23-10-7-18-45(49)46-19-8-11-24-50(46)54/h1-36H. The van der Waals surface area contributed by atoms with Crippen molar-refractivity contribution in [1.29, 1.82) is 0 Å². The average Bonchev–Trinajstić information content (AvgIpc) is 3.82. The highest BCUT2D eigenvalue weighted by atomic mass is 32.1. The minimum atomic E-state index is -0.452. The van der Waals surface area contributed by atoms with Crippen LogP contribution in [0.3, 0.4) is 0 Å². The topological polar surface area (TPSA) is 16.1 Å². The molecule has 2 aromatic heterocycles. The lowest BCUT2D eigenvalue weighted by molar-refractivity contribution is 0.768. The molecule has 268 valence electrons. The number of hydrogen-bond donors (Lipinski definition) is 0. The second-order valence-electron chi connectivity index (χ2n) is 14.7. The predicted octanol–water partition coefficient (Wildman–Crippen LogP) is 14.6. The smallest absolute Gasteiger partial charge is 0.0713 e. The molecule has 0 spiro atoms. The summed E-state index contributed by atoms with van der Waals surface area (Å²) in [5, 5.41) is 2.62. The molecule has 0 saturated carbocycles. The van der Waals surface area contributed by atoms with Gasteiger partial charge in [0.15, 0.2) is 0 Å². The Balaban J connectivity index is 1.04. The van der Waals surface area contributed by atoms with Gasteiger partial charge >= 0.3 is 0 Å². The van der Waals surface area contributed by atoms with Crippen molar-refractivity contribution in [2.24, 2.45) is 0 Å². The van der Waals surface area contributed by atoms with Gasteiger partial charge in [0.05, 0.1) is 23.0 Å². The maximum atomic E-state index is 4.98. The largest absolute Gasteiger partial charge is 0.309 e. The molecule has 0 bridgehead atoms. The van der Waals surface area contributed by atoms with Crippen LogP contribution in [0.4, 0.5) is 17.1 Å². The van der Waals surface area contributed by atoms with Crippen molar-refractivity contribution in [2.75, 3.05) is 4.90 Å². The zero-order valence-corrected chi connectivity index (χ0v) is 31.9. The summed E-state index contributed by atoms with van der Waals surface area (Å²) in [6, 6.07) is 77.1. The molecule has 0 radical (unpaired) electrons. The summed E-state index contributed by atoms with van der Waals surface area (Å²) < 4.78 is 2.64. The summed E-state index contributed by atoms with van der Waals surface area (Å²) >= 11 is 1.87. The summed E-state index contributed by atoms with van der Waals surface area (Å²) in [6.45, 7) is 0. The molecular weight excluding hydrogens is 709 g/mol. The van der Waals surface area contributed by atoms with Crippen LogP contribution in [0.1, 0.15) is 22.3 Å². The molecule has 0 N–H and O–H groups in total. The minimum absolute atomic E-state index is 0.452. The molecule has 11 rings (SSSR count). The van der Waals surface area contributed by atoms with E-state index in [1.54, 1.807) is 0 Å². The first-order valence-corrected chi connectivity index (χ1v) is 20.3. The Hall–Kier alpha value is -7.07. The molecule has 10 aromatic rings. The molecule has 0 saturated heterocycles. The van der Waals surface area contributed by atoms with Gasteiger partial charge in [-0.15, -0.1) is 11.3 Å². The van der Waals surface area contributed by atoms with Crippen molar-refractivity contribution in [1.82, 2.24) is 4.98 Å².